The number of ether oxygens (including phenoxy) is 1. The van der Waals surface area contributed by atoms with Gasteiger partial charge in [-0.15, -0.1) is 0 Å². The first-order chi connectivity index (χ1) is 13.4. The van der Waals surface area contributed by atoms with E-state index >= 15 is 0 Å². The molecule has 1 aliphatic heterocycles. The molecule has 28 heavy (non-hydrogen) atoms. The third-order valence-corrected chi connectivity index (χ3v) is 4.95. The number of benzene rings is 1. The zero-order valence-electron chi connectivity index (χ0n) is 16.7. The second-order valence-corrected chi connectivity index (χ2v) is 7.33. The number of aliphatic imine (C=N–C) groups is 1. The average Bonchev–Trinajstić information content (AvgIpc) is 2.66. The van der Waals surface area contributed by atoms with Crippen LogP contribution in [0.15, 0.2) is 23.2 Å². The first-order valence-corrected chi connectivity index (χ1v) is 9.94. The fourth-order valence-corrected chi connectivity index (χ4v) is 3.22. The minimum Gasteiger partial charge on any atom is -0.434 e. The van der Waals surface area contributed by atoms with Crippen molar-refractivity contribution in [1.29, 1.82) is 0 Å². The van der Waals surface area contributed by atoms with Crippen LogP contribution in [0.5, 0.6) is 5.75 Å². The van der Waals surface area contributed by atoms with Crippen LogP contribution in [0.4, 0.5) is 8.78 Å². The van der Waals surface area contributed by atoms with Crippen molar-refractivity contribution >= 4 is 17.6 Å². The molecule has 1 saturated heterocycles. The summed E-state index contributed by atoms with van der Waals surface area (Å²) < 4.78 is 29.8. The molecule has 0 saturated carbocycles. The van der Waals surface area contributed by atoms with E-state index in [-0.39, 0.29) is 12.3 Å². The molecule has 1 atom stereocenters. The number of nitrogens with zero attached hydrogens (tertiary/aromatic N) is 3. The van der Waals surface area contributed by atoms with Crippen LogP contribution in [0.2, 0.25) is 5.02 Å². The summed E-state index contributed by atoms with van der Waals surface area (Å²) in [5.41, 5.74) is 0.511. The predicted molar refractivity (Wildman–Crippen MR) is 109 cm³/mol. The number of nitrogens with one attached hydrogen (secondary N) is 2. The van der Waals surface area contributed by atoms with Crippen molar-refractivity contribution in [1.82, 2.24) is 20.4 Å². The predicted octanol–water partition coefficient (Wildman–Crippen LogP) is 2.63. The minimum absolute atomic E-state index is 0.0878. The van der Waals surface area contributed by atoms with E-state index in [1.54, 1.807) is 6.07 Å². The summed E-state index contributed by atoms with van der Waals surface area (Å²) in [5.74, 6) is 0.719. The van der Waals surface area contributed by atoms with Crippen molar-refractivity contribution in [2.24, 2.45) is 4.99 Å². The van der Waals surface area contributed by atoms with Crippen molar-refractivity contribution in [2.45, 2.75) is 33.0 Å². The largest absolute Gasteiger partial charge is 0.434 e. The maximum Gasteiger partial charge on any atom is 0.387 e. The Balaban J connectivity index is 1.97. The summed E-state index contributed by atoms with van der Waals surface area (Å²) >= 11 is 6.00. The van der Waals surface area contributed by atoms with E-state index in [4.69, 9.17) is 11.6 Å². The summed E-state index contributed by atoms with van der Waals surface area (Å²) in [4.78, 5) is 9.28. The molecule has 1 aliphatic rings. The molecule has 0 spiro atoms. The molecular formula is C19H30ClF2N5O. The fourth-order valence-electron chi connectivity index (χ4n) is 3.02. The minimum atomic E-state index is -2.89. The van der Waals surface area contributed by atoms with Gasteiger partial charge in [0.25, 0.3) is 0 Å². The lowest BCUT2D eigenvalue weighted by Gasteiger charge is -2.36. The summed E-state index contributed by atoms with van der Waals surface area (Å²) in [7, 11) is 2.14. The molecule has 158 valence electrons. The van der Waals surface area contributed by atoms with E-state index in [2.05, 4.69) is 44.1 Å². The molecule has 1 unspecified atom stereocenters. The Kier molecular flexibility index (Phi) is 9.21. The molecule has 1 fully saturated rings. The van der Waals surface area contributed by atoms with Crippen LogP contribution in [-0.4, -0.2) is 74.7 Å². The second kappa shape index (κ2) is 11.4. The number of hydrogen-bond donors (Lipinski definition) is 2. The maximum absolute atomic E-state index is 12.6. The molecule has 2 rings (SSSR count). The topological polar surface area (TPSA) is 52.1 Å². The Hall–Kier alpha value is -1.64. The highest BCUT2D eigenvalue weighted by atomic mass is 35.5. The molecule has 1 aromatic carbocycles. The molecule has 6 nitrogen and oxygen atoms in total. The van der Waals surface area contributed by atoms with Crippen LogP contribution in [0.1, 0.15) is 19.4 Å². The maximum atomic E-state index is 12.6. The summed E-state index contributed by atoms with van der Waals surface area (Å²) in [5, 5.41) is 6.97. The Morgan fingerprint density at radius 3 is 2.61 bits per heavy atom. The van der Waals surface area contributed by atoms with Crippen LogP contribution in [0, 0.1) is 0 Å². The van der Waals surface area contributed by atoms with E-state index in [0.29, 0.717) is 29.1 Å². The third kappa shape index (κ3) is 7.41. The molecule has 0 aliphatic carbocycles. The van der Waals surface area contributed by atoms with Gasteiger partial charge >= 0.3 is 6.61 Å². The van der Waals surface area contributed by atoms with Crippen LogP contribution in [0.3, 0.4) is 0 Å². The van der Waals surface area contributed by atoms with Gasteiger partial charge in [-0.05, 0) is 39.1 Å². The van der Waals surface area contributed by atoms with E-state index in [9.17, 15) is 8.78 Å². The molecule has 0 aromatic heterocycles. The van der Waals surface area contributed by atoms with Gasteiger partial charge in [-0.3, -0.25) is 4.90 Å². The SMILES string of the molecule is CCNC(=NCc1cc(Cl)ccc1OC(F)F)NCC(C)N1CCN(C)CC1. The van der Waals surface area contributed by atoms with Gasteiger partial charge in [0.2, 0.25) is 0 Å². The highest BCUT2D eigenvalue weighted by Gasteiger charge is 2.19. The van der Waals surface area contributed by atoms with Crippen molar-refractivity contribution in [2.75, 3.05) is 46.3 Å². The zero-order chi connectivity index (χ0) is 20.5. The molecule has 0 amide bonds. The number of hydrogen-bond acceptors (Lipinski definition) is 4. The standard InChI is InChI=1S/C19H30ClF2N5O/c1-4-23-19(24-12-14(2)27-9-7-26(3)8-10-27)25-13-15-11-16(20)5-6-17(15)28-18(21)22/h5-6,11,14,18H,4,7-10,12-13H2,1-3H3,(H2,23,24,25). The number of guanidine groups is 1. The Labute approximate surface area is 170 Å². The van der Waals surface area contributed by atoms with E-state index in [1.165, 1.54) is 12.1 Å². The van der Waals surface area contributed by atoms with Crippen molar-refractivity contribution in [3.05, 3.63) is 28.8 Å². The van der Waals surface area contributed by atoms with Gasteiger partial charge in [0, 0.05) is 55.9 Å². The molecule has 1 aromatic rings. The van der Waals surface area contributed by atoms with Crippen LogP contribution >= 0.6 is 11.6 Å². The quantitative estimate of drug-likeness (QED) is 0.503. The van der Waals surface area contributed by atoms with Crippen molar-refractivity contribution < 1.29 is 13.5 Å². The molecule has 1 heterocycles. The Morgan fingerprint density at radius 2 is 1.96 bits per heavy atom. The van der Waals surface area contributed by atoms with E-state index in [0.717, 1.165) is 32.7 Å². The number of halogens is 3. The summed E-state index contributed by atoms with van der Waals surface area (Å²) in [6.45, 7) is 7.13. The smallest absolute Gasteiger partial charge is 0.387 e. The highest BCUT2D eigenvalue weighted by molar-refractivity contribution is 6.30. The van der Waals surface area contributed by atoms with E-state index < -0.39 is 6.61 Å². The molecule has 2 N–H and O–H groups in total. The lowest BCUT2D eigenvalue weighted by Crippen LogP contribution is -2.52. The number of piperazine rings is 1. The lowest BCUT2D eigenvalue weighted by molar-refractivity contribution is -0.0504. The van der Waals surface area contributed by atoms with Gasteiger partial charge in [-0.2, -0.15) is 8.78 Å². The fraction of sp³-hybridized carbons (Fsp3) is 0.632. The van der Waals surface area contributed by atoms with Crippen molar-refractivity contribution in [3.8, 4) is 5.75 Å². The van der Waals surface area contributed by atoms with Gasteiger partial charge in [0.05, 0.1) is 6.54 Å². The number of rotatable bonds is 8. The van der Waals surface area contributed by atoms with Crippen LogP contribution < -0.4 is 15.4 Å². The number of likely N-dealkylation sites (N-methyl/N-ethyl adjacent to an activating group) is 1. The summed E-state index contributed by atoms with van der Waals surface area (Å²) in [6, 6.07) is 4.92. The van der Waals surface area contributed by atoms with Crippen molar-refractivity contribution in [3.63, 3.8) is 0 Å². The van der Waals surface area contributed by atoms with Gasteiger partial charge in [-0.25, -0.2) is 4.99 Å². The Morgan fingerprint density at radius 1 is 1.25 bits per heavy atom. The summed E-state index contributed by atoms with van der Waals surface area (Å²) in [6.07, 6.45) is 0. The normalized spacial score (nSPS) is 17.6. The van der Waals surface area contributed by atoms with Gasteiger partial charge in [-0.1, -0.05) is 11.6 Å². The molecule has 0 bridgehead atoms. The van der Waals surface area contributed by atoms with Gasteiger partial charge in [0.15, 0.2) is 5.96 Å². The first-order valence-electron chi connectivity index (χ1n) is 9.57. The van der Waals surface area contributed by atoms with Crippen LogP contribution in [0.25, 0.3) is 0 Å². The highest BCUT2D eigenvalue weighted by Crippen LogP contribution is 2.25. The van der Waals surface area contributed by atoms with Gasteiger partial charge < -0.3 is 20.3 Å². The third-order valence-electron chi connectivity index (χ3n) is 4.72. The Bertz CT molecular complexity index is 639. The molecule has 9 heteroatoms. The van der Waals surface area contributed by atoms with Gasteiger partial charge in [0.1, 0.15) is 5.75 Å². The first kappa shape index (κ1) is 22.6. The van der Waals surface area contributed by atoms with Crippen LogP contribution in [-0.2, 0) is 6.54 Å². The molecule has 0 radical (unpaired) electrons. The average molecular weight is 418 g/mol. The zero-order valence-corrected chi connectivity index (χ0v) is 17.5. The monoisotopic (exact) mass is 417 g/mol. The second-order valence-electron chi connectivity index (χ2n) is 6.89. The lowest BCUT2D eigenvalue weighted by atomic mass is 10.2. The number of alkyl halides is 2. The molecular weight excluding hydrogens is 388 g/mol. The van der Waals surface area contributed by atoms with E-state index in [1.807, 2.05) is 6.92 Å².